The lowest BCUT2D eigenvalue weighted by Crippen LogP contribution is -2.59. The van der Waals surface area contributed by atoms with Gasteiger partial charge in [0.15, 0.2) is 0 Å². The molecule has 0 aromatic heterocycles. The number of aliphatic hydroxyl groups is 1. The van der Waals surface area contributed by atoms with Gasteiger partial charge in [0.1, 0.15) is 17.2 Å². The Kier molecular flexibility index (Phi) is 8.90. The summed E-state index contributed by atoms with van der Waals surface area (Å²) < 4.78 is 5.32. The molecule has 1 aliphatic rings. The van der Waals surface area contributed by atoms with Crippen molar-refractivity contribution in [1.82, 2.24) is 10.2 Å². The van der Waals surface area contributed by atoms with Gasteiger partial charge in [-0.1, -0.05) is 19.9 Å². The predicted octanol–water partition coefficient (Wildman–Crippen LogP) is 2.94. The molecule has 0 bridgehead atoms. The zero-order valence-electron chi connectivity index (χ0n) is 19.1. The molecule has 0 aliphatic carbocycles. The number of aliphatic hydroxyl groups excluding tert-OH is 1. The summed E-state index contributed by atoms with van der Waals surface area (Å²) in [5, 5.41) is 22.4. The molecule has 3 N–H and O–H groups in total. The number of carboxylic acid groups (broad SMARTS) is 1. The standard InChI is InChI=1S/C22H38N2O6/c1-8-9-10-14(2)11-15(3)17(23-20(29)30-21(4,5)6)18(26)24-13-16(25)12-22(24,7)19(27)28/h8,14-17,25H,1,9-13H2,2-7H3,(H,23,29)(H,27,28)/t14?,15-,16-,17?,22+/m1/s1. The van der Waals surface area contributed by atoms with Gasteiger partial charge < -0.3 is 25.2 Å². The number of nitrogens with one attached hydrogen (secondary N) is 1. The smallest absolute Gasteiger partial charge is 0.408 e. The predicted molar refractivity (Wildman–Crippen MR) is 114 cm³/mol. The highest BCUT2D eigenvalue weighted by molar-refractivity contribution is 5.92. The van der Waals surface area contributed by atoms with Gasteiger partial charge in [-0.25, -0.2) is 9.59 Å². The summed E-state index contributed by atoms with van der Waals surface area (Å²) in [6.45, 7) is 14.2. The lowest BCUT2D eigenvalue weighted by Gasteiger charge is -2.36. The summed E-state index contributed by atoms with van der Waals surface area (Å²) in [5.41, 5.74) is -2.27. The minimum absolute atomic E-state index is 0.0582. The number of nitrogens with zero attached hydrogens (tertiary/aromatic N) is 1. The minimum atomic E-state index is -1.53. The van der Waals surface area contributed by atoms with E-state index >= 15 is 0 Å². The number of hydrogen-bond acceptors (Lipinski definition) is 5. The van der Waals surface area contributed by atoms with Gasteiger partial charge in [0.25, 0.3) is 0 Å². The molecule has 1 fully saturated rings. The Morgan fingerprint density at radius 2 is 1.93 bits per heavy atom. The largest absolute Gasteiger partial charge is 0.480 e. The number of ether oxygens (including phenoxy) is 1. The Hall–Kier alpha value is -2.09. The van der Waals surface area contributed by atoms with Gasteiger partial charge in [-0.15, -0.1) is 6.58 Å². The molecule has 8 heteroatoms. The van der Waals surface area contributed by atoms with E-state index < -0.39 is 41.3 Å². The number of hydrogen-bond donors (Lipinski definition) is 3. The monoisotopic (exact) mass is 426 g/mol. The van der Waals surface area contributed by atoms with Gasteiger partial charge in [0.2, 0.25) is 5.91 Å². The zero-order valence-corrected chi connectivity index (χ0v) is 19.1. The number of carboxylic acids is 1. The van der Waals surface area contributed by atoms with E-state index in [1.807, 2.05) is 13.0 Å². The molecule has 172 valence electrons. The number of rotatable bonds is 9. The van der Waals surface area contributed by atoms with Crippen LogP contribution < -0.4 is 5.32 Å². The number of β-amino-alcohol motifs (C(OH)–C–C–N with tert-alkyl or cyclic N) is 1. The lowest BCUT2D eigenvalue weighted by atomic mass is 9.87. The van der Waals surface area contributed by atoms with Crippen LogP contribution in [0.1, 0.15) is 67.2 Å². The molecule has 30 heavy (non-hydrogen) atoms. The topological polar surface area (TPSA) is 116 Å². The molecule has 2 unspecified atom stereocenters. The second-order valence-corrected chi connectivity index (χ2v) is 9.69. The van der Waals surface area contributed by atoms with Gasteiger partial charge in [-0.3, -0.25) is 4.79 Å². The SMILES string of the molecule is C=CCCC(C)C[C@@H](C)C(NC(=O)OC(C)(C)C)C(=O)N1C[C@H](O)C[C@@]1(C)C(=O)O. The first-order chi connectivity index (χ1) is 13.7. The molecular weight excluding hydrogens is 388 g/mol. The number of allylic oxidation sites excluding steroid dienone is 1. The van der Waals surface area contributed by atoms with E-state index in [0.717, 1.165) is 12.8 Å². The van der Waals surface area contributed by atoms with Crippen molar-refractivity contribution < 1.29 is 29.3 Å². The van der Waals surface area contributed by atoms with Crippen LogP contribution in [0.4, 0.5) is 4.79 Å². The summed E-state index contributed by atoms with van der Waals surface area (Å²) in [6.07, 6.45) is 2.52. The van der Waals surface area contributed by atoms with Crippen LogP contribution in [0.2, 0.25) is 0 Å². The molecule has 1 saturated heterocycles. The van der Waals surface area contributed by atoms with E-state index in [-0.39, 0.29) is 24.8 Å². The summed E-state index contributed by atoms with van der Waals surface area (Å²) in [5.74, 6) is -1.69. The molecule has 0 aromatic carbocycles. The fourth-order valence-corrected chi connectivity index (χ4v) is 3.92. The first-order valence-electron chi connectivity index (χ1n) is 10.5. The summed E-state index contributed by atoms with van der Waals surface area (Å²) in [4.78, 5) is 38.9. The van der Waals surface area contributed by atoms with Crippen molar-refractivity contribution in [3.8, 4) is 0 Å². The Labute approximate surface area is 179 Å². The van der Waals surface area contributed by atoms with Crippen molar-refractivity contribution in [2.24, 2.45) is 11.8 Å². The van der Waals surface area contributed by atoms with Crippen molar-refractivity contribution in [2.75, 3.05) is 6.54 Å². The molecule has 2 amide bonds. The quantitative estimate of drug-likeness (QED) is 0.488. The normalized spacial score (nSPS) is 24.6. The molecule has 1 heterocycles. The molecular formula is C22H38N2O6. The number of amides is 2. The molecule has 5 atom stereocenters. The van der Waals surface area contributed by atoms with Crippen molar-refractivity contribution in [3.05, 3.63) is 12.7 Å². The van der Waals surface area contributed by atoms with Crippen LogP contribution in [0.25, 0.3) is 0 Å². The fraction of sp³-hybridized carbons (Fsp3) is 0.773. The maximum Gasteiger partial charge on any atom is 0.408 e. The number of carbonyl (C=O) groups is 3. The van der Waals surface area contributed by atoms with E-state index in [0.29, 0.717) is 6.42 Å². The Bertz CT molecular complexity index is 644. The van der Waals surface area contributed by atoms with Crippen LogP contribution >= 0.6 is 0 Å². The highest BCUT2D eigenvalue weighted by Crippen LogP contribution is 2.32. The van der Waals surface area contributed by atoms with E-state index in [9.17, 15) is 24.6 Å². The van der Waals surface area contributed by atoms with Crippen LogP contribution in [0.15, 0.2) is 12.7 Å². The van der Waals surface area contributed by atoms with E-state index in [1.54, 1.807) is 20.8 Å². The minimum Gasteiger partial charge on any atom is -0.480 e. The third-order valence-electron chi connectivity index (χ3n) is 5.49. The molecule has 0 radical (unpaired) electrons. The Balaban J connectivity index is 3.11. The maximum atomic E-state index is 13.4. The van der Waals surface area contributed by atoms with Crippen molar-refractivity contribution >= 4 is 18.0 Å². The van der Waals surface area contributed by atoms with Gasteiger partial charge in [0.05, 0.1) is 6.10 Å². The van der Waals surface area contributed by atoms with Crippen molar-refractivity contribution in [2.45, 2.75) is 90.5 Å². The summed E-state index contributed by atoms with van der Waals surface area (Å²) in [7, 11) is 0. The number of likely N-dealkylation sites (tertiary alicyclic amines) is 1. The second kappa shape index (κ2) is 10.3. The summed E-state index contributed by atoms with van der Waals surface area (Å²) in [6, 6.07) is -0.963. The Morgan fingerprint density at radius 3 is 2.43 bits per heavy atom. The molecule has 1 rings (SSSR count). The Morgan fingerprint density at radius 1 is 1.33 bits per heavy atom. The molecule has 0 saturated carbocycles. The average Bonchev–Trinajstić information content (AvgIpc) is 2.91. The van der Waals surface area contributed by atoms with Crippen LogP contribution in [0.5, 0.6) is 0 Å². The zero-order chi connectivity index (χ0) is 23.3. The average molecular weight is 427 g/mol. The van der Waals surface area contributed by atoms with E-state index in [1.165, 1.54) is 11.8 Å². The second-order valence-electron chi connectivity index (χ2n) is 9.69. The van der Waals surface area contributed by atoms with Crippen LogP contribution in [0, 0.1) is 11.8 Å². The van der Waals surface area contributed by atoms with Crippen molar-refractivity contribution in [1.29, 1.82) is 0 Å². The highest BCUT2D eigenvalue weighted by Gasteiger charge is 2.51. The molecule has 1 aliphatic heterocycles. The van der Waals surface area contributed by atoms with E-state index in [2.05, 4.69) is 18.8 Å². The summed E-state index contributed by atoms with van der Waals surface area (Å²) >= 11 is 0. The molecule has 8 nitrogen and oxygen atoms in total. The van der Waals surface area contributed by atoms with Gasteiger partial charge in [0, 0.05) is 13.0 Å². The van der Waals surface area contributed by atoms with Crippen molar-refractivity contribution in [3.63, 3.8) is 0 Å². The fourth-order valence-electron chi connectivity index (χ4n) is 3.92. The lowest BCUT2D eigenvalue weighted by molar-refractivity contribution is -0.156. The van der Waals surface area contributed by atoms with Gasteiger partial charge >= 0.3 is 12.1 Å². The number of aliphatic carboxylic acids is 1. The number of alkyl carbamates (subject to hydrolysis) is 1. The van der Waals surface area contributed by atoms with Gasteiger partial charge in [-0.05, 0) is 58.8 Å². The maximum absolute atomic E-state index is 13.4. The van der Waals surface area contributed by atoms with Crippen LogP contribution in [-0.4, -0.2) is 62.9 Å². The third-order valence-corrected chi connectivity index (χ3v) is 5.49. The first kappa shape index (κ1) is 25.9. The highest BCUT2D eigenvalue weighted by atomic mass is 16.6. The van der Waals surface area contributed by atoms with E-state index in [4.69, 9.17) is 4.74 Å². The van der Waals surface area contributed by atoms with Crippen LogP contribution in [-0.2, 0) is 14.3 Å². The first-order valence-corrected chi connectivity index (χ1v) is 10.5. The molecule has 0 aromatic rings. The third kappa shape index (κ3) is 7.00. The molecule has 0 spiro atoms. The van der Waals surface area contributed by atoms with Gasteiger partial charge in [-0.2, -0.15) is 0 Å². The van der Waals surface area contributed by atoms with Crippen LogP contribution in [0.3, 0.4) is 0 Å². The number of carbonyl (C=O) groups excluding carboxylic acids is 2.